The second kappa shape index (κ2) is 15.0. The van der Waals surface area contributed by atoms with Crippen LogP contribution in [-0.4, -0.2) is 95.3 Å². The van der Waals surface area contributed by atoms with E-state index < -0.39 is 53.0 Å². The summed E-state index contributed by atoms with van der Waals surface area (Å²) in [6, 6.07) is 4.51. The number of carbonyl (C=O) groups is 4. The fraction of sp³-hybridized carbons (Fsp3) is 0.594. The third-order valence-electron chi connectivity index (χ3n) is 8.21. The molecule has 0 unspecified atom stereocenters. The monoisotopic (exact) mass is 660 g/mol. The molecule has 1 aliphatic heterocycles. The van der Waals surface area contributed by atoms with Crippen molar-refractivity contribution >= 4 is 35.0 Å². The summed E-state index contributed by atoms with van der Waals surface area (Å²) in [4.78, 5) is 59.8. The number of aryl methyl sites for hydroxylation is 1. The zero-order valence-corrected chi connectivity index (χ0v) is 27.6. The van der Waals surface area contributed by atoms with E-state index in [0.29, 0.717) is 18.7 Å². The standard InChI is InChI=1S/C32H45FN6O6S/c1-19-26(46-18-36-19)21-7-5-20(6-8-21)23(16-25(41)35-12-14-45-13-11-34)37-28(42)24-15-22(40)17-39(24)29(43)27(31(2,3)4)38-30(44)32(33)9-10-32/h5-8,18,22-24,27,40H,9-17,34H2,1-4H3,(H,35,41)(H,37,42)(H,38,44)/t22-,23+,24+,27-/m1/s1. The number of aromatic nitrogens is 1. The first-order chi connectivity index (χ1) is 21.7. The lowest BCUT2D eigenvalue weighted by atomic mass is 9.85. The number of aliphatic hydroxyl groups is 1. The van der Waals surface area contributed by atoms with E-state index in [0.717, 1.165) is 16.1 Å². The van der Waals surface area contributed by atoms with Gasteiger partial charge in [0.25, 0.3) is 5.91 Å². The fourth-order valence-electron chi connectivity index (χ4n) is 5.39. The van der Waals surface area contributed by atoms with Crippen molar-refractivity contribution in [3.63, 3.8) is 0 Å². The van der Waals surface area contributed by atoms with Gasteiger partial charge in [0.15, 0.2) is 5.67 Å². The van der Waals surface area contributed by atoms with Gasteiger partial charge >= 0.3 is 0 Å². The summed E-state index contributed by atoms with van der Waals surface area (Å²) in [6.45, 7) is 8.30. The number of aliphatic hydroxyl groups excluding tert-OH is 1. The highest BCUT2D eigenvalue weighted by molar-refractivity contribution is 7.13. The number of thiazole rings is 1. The van der Waals surface area contributed by atoms with E-state index in [2.05, 4.69) is 20.9 Å². The first-order valence-electron chi connectivity index (χ1n) is 15.6. The number of ether oxygens (including phenoxy) is 1. The van der Waals surface area contributed by atoms with Gasteiger partial charge in [-0.15, -0.1) is 11.3 Å². The highest BCUT2D eigenvalue weighted by Crippen LogP contribution is 2.40. The average Bonchev–Trinajstić information content (AvgIpc) is 3.41. The maximum absolute atomic E-state index is 14.5. The highest BCUT2D eigenvalue weighted by atomic mass is 32.1. The SMILES string of the molecule is Cc1ncsc1-c1ccc([C@H](CC(=O)NCCOCCN)NC(=O)[C@@H]2C[C@@H](O)CN2C(=O)[C@@H](NC(=O)C2(F)CC2)C(C)(C)C)cc1. The molecule has 4 amide bonds. The number of alkyl halides is 1. The van der Waals surface area contributed by atoms with Crippen LogP contribution in [0.15, 0.2) is 29.8 Å². The normalized spacial score (nSPS) is 20.1. The lowest BCUT2D eigenvalue weighted by Crippen LogP contribution is -2.59. The van der Waals surface area contributed by atoms with Crippen molar-refractivity contribution in [3.8, 4) is 10.4 Å². The number of halogens is 1. The van der Waals surface area contributed by atoms with E-state index >= 15 is 0 Å². The summed E-state index contributed by atoms with van der Waals surface area (Å²) in [6.07, 6.45) is -0.917. The van der Waals surface area contributed by atoms with Crippen LogP contribution in [0.2, 0.25) is 0 Å². The van der Waals surface area contributed by atoms with Crippen LogP contribution < -0.4 is 21.7 Å². The Morgan fingerprint density at radius 1 is 1.17 bits per heavy atom. The molecule has 1 aromatic carbocycles. The summed E-state index contributed by atoms with van der Waals surface area (Å²) < 4.78 is 19.9. The minimum Gasteiger partial charge on any atom is -0.391 e. The van der Waals surface area contributed by atoms with E-state index in [1.165, 1.54) is 16.2 Å². The van der Waals surface area contributed by atoms with Crippen molar-refractivity contribution in [2.75, 3.05) is 32.8 Å². The number of rotatable bonds is 14. The minimum atomic E-state index is -1.98. The molecule has 0 bridgehead atoms. The van der Waals surface area contributed by atoms with Crippen LogP contribution in [0.5, 0.6) is 0 Å². The van der Waals surface area contributed by atoms with Gasteiger partial charge < -0.3 is 36.4 Å². The molecule has 12 nitrogen and oxygen atoms in total. The molecule has 2 heterocycles. The molecule has 0 radical (unpaired) electrons. The molecule has 1 saturated carbocycles. The summed E-state index contributed by atoms with van der Waals surface area (Å²) in [5, 5.41) is 18.8. The fourth-order valence-corrected chi connectivity index (χ4v) is 6.20. The van der Waals surface area contributed by atoms with E-state index in [1.54, 1.807) is 26.3 Å². The first kappa shape index (κ1) is 35.4. The number of amides is 4. The number of nitrogens with two attached hydrogens (primary N) is 1. The number of hydrogen-bond donors (Lipinski definition) is 5. The van der Waals surface area contributed by atoms with Gasteiger partial charge in [-0.3, -0.25) is 19.2 Å². The summed E-state index contributed by atoms with van der Waals surface area (Å²) in [7, 11) is 0. The molecule has 1 aliphatic carbocycles. The van der Waals surface area contributed by atoms with Gasteiger partial charge in [-0.25, -0.2) is 9.37 Å². The number of benzene rings is 1. The number of nitrogens with zero attached hydrogens (tertiary/aromatic N) is 2. The molecular formula is C32H45FN6O6S. The molecule has 2 aromatic rings. The Kier molecular flexibility index (Phi) is 11.5. The molecule has 14 heteroatoms. The zero-order valence-electron chi connectivity index (χ0n) is 26.8. The molecule has 1 saturated heterocycles. The maximum Gasteiger partial charge on any atom is 0.258 e. The van der Waals surface area contributed by atoms with Gasteiger partial charge in [0.05, 0.1) is 47.9 Å². The number of hydrogen-bond acceptors (Lipinski definition) is 9. The van der Waals surface area contributed by atoms with Crippen molar-refractivity contribution < 1.29 is 33.4 Å². The van der Waals surface area contributed by atoms with Crippen LogP contribution >= 0.6 is 11.3 Å². The van der Waals surface area contributed by atoms with Gasteiger partial charge in [-0.2, -0.15) is 0 Å². The van der Waals surface area contributed by atoms with E-state index in [9.17, 15) is 28.7 Å². The Morgan fingerprint density at radius 3 is 2.46 bits per heavy atom. The second-order valence-corrected chi connectivity index (χ2v) is 13.9. The Hall–Kier alpha value is -3.46. The first-order valence-corrected chi connectivity index (χ1v) is 16.4. The number of β-amino-alcohol motifs (C(OH)–C–C–N with tert-alkyl or cyclic N) is 1. The quantitative estimate of drug-likeness (QED) is 0.191. The lowest BCUT2D eigenvalue weighted by Gasteiger charge is -2.36. The third-order valence-corrected chi connectivity index (χ3v) is 9.18. The van der Waals surface area contributed by atoms with Gasteiger partial charge in [-0.05, 0) is 36.3 Å². The molecule has 4 rings (SSSR count). The zero-order chi connectivity index (χ0) is 33.6. The molecule has 0 spiro atoms. The van der Waals surface area contributed by atoms with E-state index in [-0.39, 0.29) is 51.3 Å². The summed E-state index contributed by atoms with van der Waals surface area (Å²) >= 11 is 1.51. The Balaban J connectivity index is 1.52. The van der Waals surface area contributed by atoms with Gasteiger partial charge in [0, 0.05) is 26.1 Å². The van der Waals surface area contributed by atoms with Crippen LogP contribution in [-0.2, 0) is 23.9 Å². The molecule has 2 fully saturated rings. The molecule has 1 aromatic heterocycles. The lowest BCUT2D eigenvalue weighted by molar-refractivity contribution is -0.145. The summed E-state index contributed by atoms with van der Waals surface area (Å²) in [5.41, 5.74) is 6.92. The summed E-state index contributed by atoms with van der Waals surface area (Å²) in [5.74, 6) is -2.31. The molecule has 46 heavy (non-hydrogen) atoms. The van der Waals surface area contributed by atoms with E-state index in [4.69, 9.17) is 10.5 Å². The van der Waals surface area contributed by atoms with Crippen molar-refractivity contribution in [1.29, 1.82) is 0 Å². The van der Waals surface area contributed by atoms with Crippen molar-refractivity contribution in [2.24, 2.45) is 11.1 Å². The second-order valence-electron chi connectivity index (χ2n) is 13.0. The highest BCUT2D eigenvalue weighted by Gasteiger charge is 2.53. The van der Waals surface area contributed by atoms with Crippen molar-refractivity contribution in [2.45, 2.75) is 83.3 Å². The van der Waals surface area contributed by atoms with Crippen LogP contribution in [0, 0.1) is 12.3 Å². The van der Waals surface area contributed by atoms with Gasteiger partial charge in [0.2, 0.25) is 17.7 Å². The average molecular weight is 661 g/mol. The minimum absolute atomic E-state index is 0.0313. The molecule has 4 atom stereocenters. The molecule has 2 aliphatic rings. The molecular weight excluding hydrogens is 615 g/mol. The predicted molar refractivity (Wildman–Crippen MR) is 171 cm³/mol. The molecule has 6 N–H and O–H groups in total. The Labute approximate surface area is 272 Å². The van der Waals surface area contributed by atoms with Crippen LogP contribution in [0.25, 0.3) is 10.4 Å². The van der Waals surface area contributed by atoms with Crippen LogP contribution in [0.3, 0.4) is 0 Å². The smallest absolute Gasteiger partial charge is 0.258 e. The third kappa shape index (κ3) is 8.87. The number of carbonyl (C=O) groups excluding carboxylic acids is 4. The van der Waals surface area contributed by atoms with Crippen molar-refractivity contribution in [1.82, 2.24) is 25.8 Å². The topological polar surface area (TPSA) is 176 Å². The Bertz CT molecular complexity index is 1390. The van der Waals surface area contributed by atoms with Crippen LogP contribution in [0.1, 0.15) is 63.8 Å². The predicted octanol–water partition coefficient (Wildman–Crippen LogP) is 1.75. The number of likely N-dealkylation sites (tertiary alicyclic amines) is 1. The molecule has 252 valence electrons. The van der Waals surface area contributed by atoms with Crippen LogP contribution in [0.4, 0.5) is 4.39 Å². The van der Waals surface area contributed by atoms with Crippen molar-refractivity contribution in [3.05, 3.63) is 41.0 Å². The maximum atomic E-state index is 14.5. The van der Waals surface area contributed by atoms with Gasteiger partial charge in [0.1, 0.15) is 12.1 Å². The number of nitrogens with one attached hydrogen (secondary N) is 3. The Morgan fingerprint density at radius 2 is 1.87 bits per heavy atom. The van der Waals surface area contributed by atoms with E-state index in [1.807, 2.05) is 31.2 Å². The van der Waals surface area contributed by atoms with Gasteiger partial charge in [-0.1, -0.05) is 45.0 Å². The largest absolute Gasteiger partial charge is 0.391 e.